The zero-order chi connectivity index (χ0) is 5.21. The first-order valence-electron chi connectivity index (χ1n) is 1.40. The Labute approximate surface area is 31.8 Å². The van der Waals surface area contributed by atoms with Gasteiger partial charge in [0, 0.05) is 7.11 Å². The fourth-order valence-electron chi connectivity index (χ4n) is 0. The van der Waals surface area contributed by atoms with Crippen LogP contribution in [0.2, 0.25) is 0 Å². The molecule has 0 saturated carbocycles. The van der Waals surface area contributed by atoms with Crippen molar-refractivity contribution >= 4 is 8.20 Å². The first kappa shape index (κ1) is 3.34. The minimum Gasteiger partial charge on any atom is -0.781 e. The molecule has 0 spiro atoms. The topological polar surface area (TPSA) is 49.4 Å². The Morgan fingerprint density at radius 3 is 2.60 bits per heavy atom. The molecule has 0 aliphatic heterocycles. The number of hydrogen-bond donors (Lipinski definition) is 0. The molecule has 1 atom stereocenters. The average molecular weight is 96.0 g/mol. The van der Waals surface area contributed by atoms with Gasteiger partial charge in [0.1, 0.15) is 9.48 Å². The summed E-state index contributed by atoms with van der Waals surface area (Å²) in [6.07, 6.45) is 0. The van der Waals surface area contributed by atoms with Gasteiger partial charge >= 0.3 is 0 Å². The summed E-state index contributed by atoms with van der Waals surface area (Å²) in [6, 6.07) is 0. The van der Waals surface area contributed by atoms with E-state index in [0.717, 1.165) is 7.11 Å². The zero-order valence-electron chi connectivity index (χ0n) is 3.67. The molecule has 0 fully saturated rings. The van der Waals surface area contributed by atoms with Crippen LogP contribution in [0, 0.1) is 0 Å². The lowest BCUT2D eigenvalue weighted by molar-refractivity contribution is -0.183. The third kappa shape index (κ3) is 4.15. The molecular weight excluding hydrogens is 91.0 g/mol. The fourth-order valence-corrected chi connectivity index (χ4v) is 0. The van der Waals surface area contributed by atoms with Crippen molar-refractivity contribution in [3.8, 4) is 0 Å². The third-order valence-corrected chi connectivity index (χ3v) is 0.447. The molecule has 0 aliphatic carbocycles. The molecule has 0 amide bonds. The third-order valence-electron chi connectivity index (χ3n) is 0.149. The maximum absolute atomic E-state index is 9.47. The summed E-state index contributed by atoms with van der Waals surface area (Å²) in [5.74, 6) is 0. The quantitative estimate of drug-likeness (QED) is 0.409. The van der Waals surface area contributed by atoms with Gasteiger partial charge in [-0.05, 0) is 0 Å². The highest BCUT2D eigenvalue weighted by atomic mass is 31.1. The molecule has 0 aliphatic rings. The second-order valence-corrected chi connectivity index (χ2v) is 1.22. The smallest absolute Gasteiger partial charge is 0.121 e. The summed E-state index contributed by atoms with van der Waals surface area (Å²) in [4.78, 5) is 9.47. The van der Waals surface area contributed by atoms with Gasteiger partial charge in [-0.25, -0.2) is 0 Å². The van der Waals surface area contributed by atoms with Crippen molar-refractivity contribution in [1.82, 2.24) is 0 Å². The molecule has 0 radical (unpaired) electrons. The summed E-state index contributed by atoms with van der Waals surface area (Å²) >= 11 is 0. The summed E-state index contributed by atoms with van der Waals surface area (Å²) in [6.45, 7) is 0. The largest absolute Gasteiger partial charge is 0.781 e. The highest BCUT2D eigenvalue weighted by Crippen LogP contribution is 2.02. The molecule has 5 heavy (non-hydrogen) atoms. The van der Waals surface area contributed by atoms with E-state index in [2.05, 4.69) is 4.52 Å². The van der Waals surface area contributed by atoms with Crippen LogP contribution in [0.25, 0.3) is 0 Å². The van der Waals surface area contributed by atoms with E-state index >= 15 is 0 Å². The van der Waals surface area contributed by atoms with Gasteiger partial charge in [-0.1, -0.05) is 0 Å². The molecule has 1 unspecified atom stereocenters. The summed E-state index contributed by atoms with van der Waals surface area (Å²) in [5, 5.41) is 0. The second kappa shape index (κ2) is 2.39. The maximum atomic E-state index is 9.47. The minimum absolute atomic E-state index is 0.945. The predicted octanol–water partition coefficient (Wildman–Crippen LogP) is -0.617. The fraction of sp³-hybridized carbons (Fsp3) is 1.00. The Balaban J connectivity index is 3.48. The van der Waals surface area contributed by atoms with Crippen molar-refractivity contribution < 1.29 is 14.0 Å². The molecule has 0 aromatic rings. The van der Waals surface area contributed by atoms with Gasteiger partial charge < -0.3 is 14.0 Å². The van der Waals surface area contributed by atoms with Gasteiger partial charge in [-0.3, -0.25) is 0 Å². The first-order chi connectivity index (χ1) is 2.56. The minimum atomic E-state index is -4.15. The van der Waals surface area contributed by atoms with Gasteiger partial charge in [0.05, 0.1) is 0 Å². The van der Waals surface area contributed by atoms with Crippen LogP contribution in [0.1, 0.15) is 0 Å². The zero-order valence-corrected chi connectivity index (χ0v) is 3.57. The molecule has 0 aromatic carbocycles. The van der Waals surface area contributed by atoms with Crippen molar-refractivity contribution in [2.45, 2.75) is 0 Å². The Bertz CT molecular complexity index is 74.9. The van der Waals surface area contributed by atoms with E-state index in [0.29, 0.717) is 0 Å². The Morgan fingerprint density at radius 1 is 2.40 bits per heavy atom. The Morgan fingerprint density at radius 2 is 2.60 bits per heavy atom. The van der Waals surface area contributed by atoms with Gasteiger partial charge in [0.25, 0.3) is 0 Å². The molecular formula is CH4O3P-. The Hall–Kier alpha value is 0.150. The highest BCUT2D eigenvalue weighted by molar-refractivity contribution is 7.30. The van der Waals surface area contributed by atoms with Crippen LogP contribution in [0.3, 0.4) is 0 Å². The monoisotopic (exact) mass is 96.0 g/mol. The van der Waals surface area contributed by atoms with E-state index in [-0.39, 0.29) is 0 Å². The molecule has 4 heteroatoms. The van der Waals surface area contributed by atoms with Crippen molar-refractivity contribution in [1.29, 1.82) is 1.28 Å². The SMILES string of the molecule is [2H]P(=O)([O-])OC. The predicted molar refractivity (Wildman–Crippen MR) is 16.0 cm³/mol. The molecule has 0 saturated heterocycles. The molecule has 0 rings (SSSR count). The molecule has 0 aromatic heterocycles. The lowest BCUT2D eigenvalue weighted by Crippen LogP contribution is -1.84. The van der Waals surface area contributed by atoms with Crippen molar-refractivity contribution in [3.63, 3.8) is 0 Å². The van der Waals surface area contributed by atoms with Crippen molar-refractivity contribution in [2.24, 2.45) is 0 Å². The normalized spacial score (nSPS) is 24.0. The van der Waals surface area contributed by atoms with Gasteiger partial charge in [0.2, 0.25) is 0 Å². The standard InChI is InChI=1S/CH5O3P/c1-4-5(2)3/h5H,1H3,(H,2,3)/p-1/i5D. The summed E-state index contributed by atoms with van der Waals surface area (Å²) in [7, 11) is -3.20. The van der Waals surface area contributed by atoms with Crippen LogP contribution in [0.4, 0.5) is 0 Å². The van der Waals surface area contributed by atoms with E-state index in [1.54, 1.807) is 0 Å². The van der Waals surface area contributed by atoms with E-state index in [4.69, 9.17) is 1.28 Å². The van der Waals surface area contributed by atoms with Crippen LogP contribution >= 0.6 is 8.20 Å². The van der Waals surface area contributed by atoms with Crippen LogP contribution < -0.4 is 4.89 Å². The summed E-state index contributed by atoms with van der Waals surface area (Å²) in [5.41, 5.74) is 0. The Kier molecular flexibility index (Phi) is 1.60. The molecule has 0 N–H and O–H groups in total. The molecule has 3 nitrogen and oxygen atoms in total. The lowest BCUT2D eigenvalue weighted by atomic mass is 11.8. The second-order valence-electron chi connectivity index (χ2n) is 0.406. The maximum Gasteiger partial charge on any atom is 0.121 e. The lowest BCUT2D eigenvalue weighted by Gasteiger charge is -1.95. The van der Waals surface area contributed by atoms with Crippen LogP contribution in [0.15, 0.2) is 0 Å². The van der Waals surface area contributed by atoms with E-state index < -0.39 is 8.20 Å². The van der Waals surface area contributed by atoms with Crippen molar-refractivity contribution in [2.75, 3.05) is 7.11 Å². The molecule has 0 bridgehead atoms. The van der Waals surface area contributed by atoms with E-state index in [1.165, 1.54) is 0 Å². The van der Waals surface area contributed by atoms with Crippen LogP contribution in [-0.4, -0.2) is 8.39 Å². The number of rotatable bonds is 1. The van der Waals surface area contributed by atoms with Crippen LogP contribution in [-0.2, 0) is 9.09 Å². The van der Waals surface area contributed by atoms with Crippen LogP contribution in [0.5, 0.6) is 0 Å². The van der Waals surface area contributed by atoms with Gasteiger partial charge in [-0.15, -0.1) is 0 Å². The highest BCUT2D eigenvalue weighted by Gasteiger charge is 1.59. The average Bonchev–Trinajstić information content (AvgIpc) is 1.35. The summed E-state index contributed by atoms with van der Waals surface area (Å²) < 4.78 is 19.0. The first-order valence-corrected chi connectivity index (χ1v) is 2.05. The molecule has 0 heterocycles. The molecule has 32 valence electrons. The van der Waals surface area contributed by atoms with Crippen molar-refractivity contribution in [3.05, 3.63) is 0 Å². The number of hydrogen-bond acceptors (Lipinski definition) is 3. The van der Waals surface area contributed by atoms with E-state index in [1.807, 2.05) is 0 Å². The van der Waals surface area contributed by atoms with E-state index in [9.17, 15) is 9.46 Å². The van der Waals surface area contributed by atoms with Gasteiger partial charge in [-0.2, -0.15) is 0 Å². The van der Waals surface area contributed by atoms with Gasteiger partial charge in [0.15, 0.2) is 0 Å².